The number of rotatable bonds is 0. The zero-order chi connectivity index (χ0) is 7.78. The molecule has 0 unspecified atom stereocenters. The number of allylic oxidation sites excluding steroid dienone is 1. The molecule has 0 spiro atoms. The molecule has 0 aliphatic carbocycles. The third-order valence-electron chi connectivity index (χ3n) is 2.19. The molecule has 1 heteroatoms. The molecule has 1 fully saturated rings. The first-order valence-corrected chi connectivity index (χ1v) is 3.81. The Labute approximate surface area is 63.1 Å². The van der Waals surface area contributed by atoms with Gasteiger partial charge in [0.25, 0.3) is 0 Å². The van der Waals surface area contributed by atoms with Gasteiger partial charge in [0, 0.05) is 12.3 Å². The summed E-state index contributed by atoms with van der Waals surface area (Å²) in [7, 11) is 0. The highest BCUT2D eigenvalue weighted by molar-refractivity contribution is 4.95. The number of hydrogen-bond donors (Lipinski definition) is 0. The summed E-state index contributed by atoms with van der Waals surface area (Å²) >= 11 is 0. The van der Waals surface area contributed by atoms with Crippen molar-refractivity contribution in [1.29, 1.82) is 0 Å². The lowest BCUT2D eigenvalue weighted by atomic mass is 9.80. The van der Waals surface area contributed by atoms with Crippen molar-refractivity contribution in [3.05, 3.63) is 12.3 Å². The van der Waals surface area contributed by atoms with Crippen LogP contribution in [0.5, 0.6) is 0 Å². The first-order valence-electron chi connectivity index (χ1n) is 3.81. The fraction of sp³-hybridized carbons (Fsp3) is 0.778. The lowest BCUT2D eigenvalue weighted by molar-refractivity contribution is 0.177. The molecular formula is C9H16O. The highest BCUT2D eigenvalue weighted by Crippen LogP contribution is 2.35. The fourth-order valence-corrected chi connectivity index (χ4v) is 1.17. The standard InChI is InChI=1S/C9H16O/c1-7-5-8(6-10-7)9(2,3)4/h8H,1,5-6H2,2-4H3/t8-/m1/s1. The highest BCUT2D eigenvalue weighted by Gasteiger charge is 2.30. The molecule has 0 aromatic rings. The fourth-order valence-electron chi connectivity index (χ4n) is 1.17. The smallest absolute Gasteiger partial charge is 0.0914 e. The van der Waals surface area contributed by atoms with Gasteiger partial charge < -0.3 is 4.74 Å². The van der Waals surface area contributed by atoms with Gasteiger partial charge in [0.15, 0.2) is 0 Å². The molecule has 10 heavy (non-hydrogen) atoms. The molecule has 1 rings (SSSR count). The van der Waals surface area contributed by atoms with Crippen molar-refractivity contribution in [2.45, 2.75) is 27.2 Å². The SMILES string of the molecule is C=C1C[C@@H](C(C)(C)C)CO1. The topological polar surface area (TPSA) is 9.23 Å². The minimum Gasteiger partial charge on any atom is -0.498 e. The maximum absolute atomic E-state index is 5.30. The first kappa shape index (κ1) is 7.64. The minimum absolute atomic E-state index is 0.374. The molecule has 1 saturated heterocycles. The molecule has 0 amide bonds. The van der Waals surface area contributed by atoms with Crippen LogP contribution in [0, 0.1) is 11.3 Å². The van der Waals surface area contributed by atoms with Gasteiger partial charge in [0.05, 0.1) is 12.4 Å². The molecule has 1 nitrogen and oxygen atoms in total. The monoisotopic (exact) mass is 140 g/mol. The second kappa shape index (κ2) is 2.30. The van der Waals surface area contributed by atoms with Crippen molar-refractivity contribution in [2.75, 3.05) is 6.61 Å². The summed E-state index contributed by atoms with van der Waals surface area (Å²) in [4.78, 5) is 0. The van der Waals surface area contributed by atoms with Crippen molar-refractivity contribution in [3.8, 4) is 0 Å². The van der Waals surface area contributed by atoms with Crippen LogP contribution in [0.2, 0.25) is 0 Å². The largest absolute Gasteiger partial charge is 0.498 e. The van der Waals surface area contributed by atoms with Crippen LogP contribution in [0.3, 0.4) is 0 Å². The van der Waals surface area contributed by atoms with Crippen LogP contribution in [0.15, 0.2) is 12.3 Å². The van der Waals surface area contributed by atoms with Crippen LogP contribution in [-0.2, 0) is 4.74 Å². The third-order valence-corrected chi connectivity index (χ3v) is 2.19. The quantitative estimate of drug-likeness (QED) is 0.502. The van der Waals surface area contributed by atoms with E-state index in [0.717, 1.165) is 18.8 Å². The van der Waals surface area contributed by atoms with Crippen LogP contribution in [-0.4, -0.2) is 6.61 Å². The van der Waals surface area contributed by atoms with E-state index in [-0.39, 0.29) is 0 Å². The highest BCUT2D eigenvalue weighted by atomic mass is 16.5. The molecule has 0 N–H and O–H groups in total. The maximum atomic E-state index is 5.30. The van der Waals surface area contributed by atoms with Gasteiger partial charge >= 0.3 is 0 Å². The van der Waals surface area contributed by atoms with E-state index in [1.165, 1.54) is 0 Å². The van der Waals surface area contributed by atoms with Crippen LogP contribution < -0.4 is 0 Å². The Hall–Kier alpha value is -0.460. The van der Waals surface area contributed by atoms with Crippen molar-refractivity contribution in [1.82, 2.24) is 0 Å². The van der Waals surface area contributed by atoms with Gasteiger partial charge in [-0.2, -0.15) is 0 Å². The van der Waals surface area contributed by atoms with Gasteiger partial charge in [-0.3, -0.25) is 0 Å². The zero-order valence-corrected chi connectivity index (χ0v) is 7.11. The molecule has 0 bridgehead atoms. The minimum atomic E-state index is 0.374. The Bertz CT molecular complexity index is 141. The predicted octanol–water partition coefficient (Wildman–Crippen LogP) is 2.58. The van der Waals surface area contributed by atoms with Gasteiger partial charge in [-0.15, -0.1) is 0 Å². The summed E-state index contributed by atoms with van der Waals surface area (Å²) in [5.74, 6) is 1.62. The first-order chi connectivity index (χ1) is 4.50. The molecule has 0 saturated carbocycles. The normalized spacial score (nSPS) is 26.7. The van der Waals surface area contributed by atoms with E-state index in [9.17, 15) is 0 Å². The summed E-state index contributed by atoms with van der Waals surface area (Å²) in [6.45, 7) is 11.4. The average molecular weight is 140 g/mol. The molecule has 0 aromatic carbocycles. The molecule has 0 radical (unpaired) electrons. The van der Waals surface area contributed by atoms with Crippen LogP contribution in [0.25, 0.3) is 0 Å². The van der Waals surface area contributed by atoms with E-state index >= 15 is 0 Å². The summed E-state index contributed by atoms with van der Waals surface area (Å²) in [6, 6.07) is 0. The molecule has 1 atom stereocenters. The van der Waals surface area contributed by atoms with Gasteiger partial charge in [-0.25, -0.2) is 0 Å². The Morgan fingerprint density at radius 3 is 2.30 bits per heavy atom. The lowest BCUT2D eigenvalue weighted by Crippen LogP contribution is -2.19. The summed E-state index contributed by atoms with van der Waals surface area (Å²) in [6.07, 6.45) is 1.05. The summed E-state index contributed by atoms with van der Waals surface area (Å²) < 4.78 is 5.30. The van der Waals surface area contributed by atoms with E-state index < -0.39 is 0 Å². The van der Waals surface area contributed by atoms with Crippen molar-refractivity contribution < 1.29 is 4.74 Å². The summed E-state index contributed by atoms with van der Waals surface area (Å²) in [5.41, 5.74) is 0.374. The predicted molar refractivity (Wildman–Crippen MR) is 42.7 cm³/mol. The van der Waals surface area contributed by atoms with Gasteiger partial charge in [0.2, 0.25) is 0 Å². The Balaban J connectivity index is 2.53. The second-order valence-electron chi connectivity index (χ2n) is 4.12. The second-order valence-corrected chi connectivity index (χ2v) is 4.12. The van der Waals surface area contributed by atoms with E-state index in [0.29, 0.717) is 11.3 Å². The van der Waals surface area contributed by atoms with Gasteiger partial charge in [0.1, 0.15) is 0 Å². The average Bonchev–Trinajstić information content (AvgIpc) is 2.11. The van der Waals surface area contributed by atoms with Crippen molar-refractivity contribution >= 4 is 0 Å². The molecule has 0 aromatic heterocycles. The summed E-state index contributed by atoms with van der Waals surface area (Å²) in [5, 5.41) is 0. The van der Waals surface area contributed by atoms with Crippen molar-refractivity contribution in [2.24, 2.45) is 11.3 Å². The molecule has 1 aliphatic rings. The van der Waals surface area contributed by atoms with E-state index in [4.69, 9.17) is 4.74 Å². The molecule has 1 heterocycles. The van der Waals surface area contributed by atoms with Crippen LogP contribution >= 0.6 is 0 Å². The molecule has 58 valence electrons. The number of hydrogen-bond acceptors (Lipinski definition) is 1. The van der Waals surface area contributed by atoms with Gasteiger partial charge in [-0.1, -0.05) is 27.4 Å². The molecule has 1 aliphatic heterocycles. The van der Waals surface area contributed by atoms with E-state index in [1.54, 1.807) is 0 Å². The zero-order valence-electron chi connectivity index (χ0n) is 7.11. The lowest BCUT2D eigenvalue weighted by Gasteiger charge is -2.24. The Morgan fingerprint density at radius 1 is 1.50 bits per heavy atom. The van der Waals surface area contributed by atoms with Gasteiger partial charge in [-0.05, 0) is 5.41 Å². The molecular weight excluding hydrogens is 124 g/mol. The van der Waals surface area contributed by atoms with Crippen molar-refractivity contribution in [3.63, 3.8) is 0 Å². The third kappa shape index (κ3) is 1.53. The van der Waals surface area contributed by atoms with E-state index in [1.807, 2.05) is 0 Å². The Morgan fingerprint density at radius 2 is 2.10 bits per heavy atom. The van der Waals surface area contributed by atoms with Crippen LogP contribution in [0.4, 0.5) is 0 Å². The van der Waals surface area contributed by atoms with Crippen LogP contribution in [0.1, 0.15) is 27.2 Å². The maximum Gasteiger partial charge on any atom is 0.0914 e. The number of ether oxygens (including phenoxy) is 1. The Kier molecular flexibility index (Phi) is 1.76. The van der Waals surface area contributed by atoms with E-state index in [2.05, 4.69) is 27.4 Å².